The Bertz CT molecular complexity index is 2680. The summed E-state index contributed by atoms with van der Waals surface area (Å²) < 4.78 is 31.3. The molecule has 277 valence electrons. The van der Waals surface area contributed by atoms with Crippen molar-refractivity contribution in [2.75, 3.05) is 0 Å². The number of benzene rings is 4. The van der Waals surface area contributed by atoms with Gasteiger partial charge in [0, 0.05) is 47.2 Å². The van der Waals surface area contributed by atoms with Crippen LogP contribution in [0.25, 0.3) is 61.4 Å². The molecule has 54 heavy (non-hydrogen) atoms. The summed E-state index contributed by atoms with van der Waals surface area (Å²) in [5.41, 5.74) is 12.2. The van der Waals surface area contributed by atoms with Crippen LogP contribution in [0.4, 0.5) is 0 Å². The van der Waals surface area contributed by atoms with E-state index in [4.69, 9.17) is 18.5 Å². The molecule has 4 aromatic heterocycles. The van der Waals surface area contributed by atoms with Gasteiger partial charge in [-0.1, -0.05) is 107 Å². The van der Waals surface area contributed by atoms with Gasteiger partial charge >= 0.3 is 0 Å². The quantitative estimate of drug-likeness (QED) is 0.123. The van der Waals surface area contributed by atoms with Gasteiger partial charge in [0.2, 0.25) is 5.71 Å². The average Bonchev–Trinajstić information content (AvgIpc) is 3.72. The van der Waals surface area contributed by atoms with Crippen LogP contribution in [0, 0.1) is 32.8 Å². The van der Waals surface area contributed by atoms with Crippen LogP contribution < -0.4 is 5.19 Å². The fourth-order valence-electron chi connectivity index (χ4n) is 7.15. The molecule has 8 rings (SSSR count). The molecular formula is C47H48IrN4OSi-2. The van der Waals surface area contributed by atoms with Gasteiger partial charge in [-0.05, 0) is 72.0 Å². The van der Waals surface area contributed by atoms with Crippen LogP contribution in [0.1, 0.15) is 71.6 Å². The molecule has 0 amide bonds. The molecule has 1 radical (unpaired) electrons. The smallest absolute Gasteiger partial charge is 0.216 e. The Balaban J connectivity index is 0.000000193. The molecule has 5 nitrogen and oxygen atoms in total. The van der Waals surface area contributed by atoms with Crippen molar-refractivity contribution in [2.24, 2.45) is 0 Å². The Morgan fingerprint density at radius 3 is 2.20 bits per heavy atom. The maximum absolute atomic E-state index is 7.66. The van der Waals surface area contributed by atoms with Crippen LogP contribution in [0.2, 0.25) is 19.6 Å². The van der Waals surface area contributed by atoms with E-state index in [1.54, 1.807) is 12.1 Å². The monoisotopic (exact) mass is 908 g/mol. The number of para-hydroxylation sites is 3. The molecule has 0 saturated heterocycles. The van der Waals surface area contributed by atoms with Gasteiger partial charge in [-0.3, -0.25) is 4.98 Å². The molecule has 0 spiro atoms. The van der Waals surface area contributed by atoms with Gasteiger partial charge in [-0.15, -0.1) is 53.6 Å². The molecule has 4 heterocycles. The third kappa shape index (κ3) is 7.50. The molecule has 0 atom stereocenters. The van der Waals surface area contributed by atoms with Crippen molar-refractivity contribution in [3.63, 3.8) is 0 Å². The van der Waals surface area contributed by atoms with Gasteiger partial charge in [-0.2, -0.15) is 0 Å². The third-order valence-corrected chi connectivity index (χ3v) is 11.9. The summed E-state index contributed by atoms with van der Waals surface area (Å²) >= 11 is 0. The van der Waals surface area contributed by atoms with Gasteiger partial charge in [0.15, 0.2) is 0 Å². The Hall–Kier alpha value is -4.68. The Morgan fingerprint density at radius 2 is 1.56 bits per heavy atom. The minimum Gasteiger partial charge on any atom is -0.486 e. The summed E-state index contributed by atoms with van der Waals surface area (Å²) in [6.07, 6.45) is 2.04. The molecular weight excluding hydrogens is 857 g/mol. The fraction of sp³-hybridized carbons (Fsp3) is 0.255. The van der Waals surface area contributed by atoms with E-state index in [9.17, 15) is 0 Å². The summed E-state index contributed by atoms with van der Waals surface area (Å²) in [5.74, 6) is 1.45. The molecule has 0 aliphatic rings. The van der Waals surface area contributed by atoms with Crippen molar-refractivity contribution < 1.29 is 28.6 Å². The first-order valence-corrected chi connectivity index (χ1v) is 21.8. The molecule has 7 heteroatoms. The minimum absolute atomic E-state index is 0. The number of pyridine rings is 2. The summed E-state index contributed by atoms with van der Waals surface area (Å²) in [5, 5.41) is 3.49. The first-order chi connectivity index (χ1) is 26.5. The summed E-state index contributed by atoms with van der Waals surface area (Å²) in [7, 11) is -1.39. The van der Waals surface area contributed by atoms with E-state index >= 15 is 0 Å². The zero-order chi connectivity index (χ0) is 40.1. The predicted octanol–water partition coefficient (Wildman–Crippen LogP) is 12.1. The van der Waals surface area contributed by atoms with Crippen molar-refractivity contribution in [1.82, 2.24) is 19.5 Å². The van der Waals surface area contributed by atoms with E-state index in [0.717, 1.165) is 61.4 Å². The van der Waals surface area contributed by atoms with Crippen LogP contribution >= 0.6 is 0 Å². The maximum atomic E-state index is 7.66. The second-order valence-corrected chi connectivity index (χ2v) is 20.5. The maximum Gasteiger partial charge on any atom is 0.216 e. The van der Waals surface area contributed by atoms with Crippen LogP contribution in [-0.4, -0.2) is 27.6 Å². The normalized spacial score (nSPS) is 12.8. The number of hydrogen-bond donors (Lipinski definition) is 0. The molecule has 0 bridgehead atoms. The van der Waals surface area contributed by atoms with E-state index in [-0.39, 0.29) is 25.7 Å². The minimum atomic E-state index is -2.15. The predicted molar refractivity (Wildman–Crippen MR) is 224 cm³/mol. The van der Waals surface area contributed by atoms with E-state index in [2.05, 4.69) is 112 Å². The SMILES string of the molecule is Cc1ccc2c(n1)oc1c(-c3cc(C)c([Si](C)(C)C)cn3)[c-]ccc12.[2H]C([2H])([2H])c1c[c-]c(-c2nc3ccccc3n2-c2c(C(C)C)cccc2C(C)C)cc1.[Ir]. The first-order valence-electron chi connectivity index (χ1n) is 19.8. The Morgan fingerprint density at radius 1 is 0.815 bits per heavy atom. The number of fused-ring (bicyclic) bond motifs is 4. The number of hydrogen-bond acceptors (Lipinski definition) is 4. The van der Waals surface area contributed by atoms with Crippen molar-refractivity contribution >= 4 is 46.4 Å². The van der Waals surface area contributed by atoms with Crippen molar-refractivity contribution in [2.45, 2.75) is 79.9 Å². The molecule has 4 aromatic carbocycles. The number of imidazole rings is 1. The second-order valence-electron chi connectivity index (χ2n) is 15.5. The number of aromatic nitrogens is 4. The number of aryl methyl sites for hydroxylation is 3. The van der Waals surface area contributed by atoms with Crippen LogP contribution in [0.3, 0.4) is 0 Å². The standard InChI is InChI=1S/C26H27N2.C21H21N2OSi.Ir/c1-17(2)21-9-8-10-22(18(3)4)25(21)28-24-12-7-6-11-23(24)27-26(28)20-15-13-19(5)14-16-20;1-13-11-18(22-12-19(13)25(3,4)5)17-8-6-7-15-16-10-9-14(2)23-21(16)24-20(15)17;/h6-15,17-18H,1-5H3;6-7,9-12H,1-5H3;/q2*-1;/i5D3;;. The van der Waals surface area contributed by atoms with Crippen molar-refractivity contribution in [3.8, 4) is 28.3 Å². The van der Waals surface area contributed by atoms with E-state index in [1.807, 2.05) is 55.6 Å². The topological polar surface area (TPSA) is 56.7 Å². The van der Waals surface area contributed by atoms with Gasteiger partial charge in [0.1, 0.15) is 0 Å². The van der Waals surface area contributed by atoms with Crippen LogP contribution in [-0.2, 0) is 20.1 Å². The van der Waals surface area contributed by atoms with Gasteiger partial charge < -0.3 is 14.0 Å². The number of nitrogens with zero attached hydrogens (tertiary/aromatic N) is 4. The zero-order valence-corrected chi connectivity index (χ0v) is 35.8. The Labute approximate surface area is 338 Å². The first kappa shape index (κ1) is 35.0. The summed E-state index contributed by atoms with van der Waals surface area (Å²) in [6.45, 7) is 17.9. The van der Waals surface area contributed by atoms with Crippen LogP contribution in [0.15, 0.2) is 102 Å². The number of furan rings is 1. The second kappa shape index (κ2) is 15.6. The molecule has 0 unspecified atom stereocenters. The Kier molecular flexibility index (Phi) is 10.1. The summed E-state index contributed by atoms with van der Waals surface area (Å²) in [4.78, 5) is 14.2. The van der Waals surface area contributed by atoms with Crippen molar-refractivity contribution in [1.29, 1.82) is 0 Å². The third-order valence-electron chi connectivity index (χ3n) is 9.79. The van der Waals surface area contributed by atoms with Gasteiger partial charge in [-0.25, -0.2) is 4.98 Å². The van der Waals surface area contributed by atoms with E-state index in [0.29, 0.717) is 17.5 Å². The molecule has 0 saturated carbocycles. The van der Waals surface area contributed by atoms with Crippen LogP contribution in [0.5, 0.6) is 0 Å². The number of rotatable bonds is 6. The average molecular weight is 908 g/mol. The van der Waals surface area contributed by atoms with Gasteiger partial charge in [0.25, 0.3) is 0 Å². The molecule has 8 aromatic rings. The van der Waals surface area contributed by atoms with E-state index in [1.165, 1.54) is 21.9 Å². The fourth-order valence-corrected chi connectivity index (χ4v) is 8.86. The van der Waals surface area contributed by atoms with Crippen molar-refractivity contribution in [3.05, 3.63) is 137 Å². The van der Waals surface area contributed by atoms with Gasteiger partial charge in [0.05, 0.1) is 30.5 Å². The molecule has 0 N–H and O–H groups in total. The van der Waals surface area contributed by atoms with E-state index < -0.39 is 14.9 Å². The molecule has 0 fully saturated rings. The molecule has 0 aliphatic carbocycles. The zero-order valence-electron chi connectivity index (χ0n) is 35.4. The molecule has 0 aliphatic heterocycles. The summed E-state index contributed by atoms with van der Waals surface area (Å²) in [6, 6.07) is 36.4. The largest absolute Gasteiger partial charge is 0.486 e.